The number of carbonyl (C=O) groups is 1. The third-order valence-electron chi connectivity index (χ3n) is 2.19. The summed E-state index contributed by atoms with van der Waals surface area (Å²) < 4.78 is 29.6. The maximum absolute atomic E-state index is 12.5. The highest BCUT2D eigenvalue weighted by molar-refractivity contribution is 5.73. The Labute approximate surface area is 105 Å². The summed E-state index contributed by atoms with van der Waals surface area (Å²) in [6.07, 6.45) is -3.66. The van der Waals surface area contributed by atoms with Gasteiger partial charge in [0.1, 0.15) is 5.56 Å². The van der Waals surface area contributed by atoms with E-state index in [1.807, 2.05) is 0 Å². The van der Waals surface area contributed by atoms with Gasteiger partial charge < -0.3 is 14.9 Å². The topological polar surface area (TPSA) is 102 Å². The van der Waals surface area contributed by atoms with Crippen LogP contribution in [0.5, 0.6) is 0 Å². The quantitative estimate of drug-likeness (QED) is 0.496. The highest BCUT2D eigenvalue weighted by Gasteiger charge is 2.23. The van der Waals surface area contributed by atoms with Gasteiger partial charge in [0, 0.05) is 0 Å². The molecule has 0 fully saturated rings. The van der Waals surface area contributed by atoms with Crippen LogP contribution in [0.25, 0.3) is 0 Å². The van der Waals surface area contributed by atoms with Gasteiger partial charge in [-0.3, -0.25) is 4.79 Å². The van der Waals surface area contributed by atoms with Gasteiger partial charge in [-0.15, -0.1) is 0 Å². The molecule has 1 N–H and O–H groups in total. The fraction of sp³-hybridized carbons (Fsp3) is 0.400. The van der Waals surface area contributed by atoms with Gasteiger partial charge in [0.05, 0.1) is 18.6 Å². The van der Waals surface area contributed by atoms with Crippen LogP contribution in [-0.4, -0.2) is 22.5 Å². The van der Waals surface area contributed by atoms with Gasteiger partial charge in [-0.2, -0.15) is 0 Å². The summed E-state index contributed by atoms with van der Waals surface area (Å²) in [5, 5.41) is 10.7. The van der Waals surface area contributed by atoms with Crippen LogP contribution in [0.15, 0.2) is 10.9 Å². The summed E-state index contributed by atoms with van der Waals surface area (Å²) in [5.41, 5.74) is -2.50. The Kier molecular flexibility index (Phi) is 4.67. The van der Waals surface area contributed by atoms with E-state index in [2.05, 4.69) is 4.74 Å². The Morgan fingerprint density at radius 2 is 2.21 bits per heavy atom. The second-order valence-corrected chi connectivity index (χ2v) is 3.47. The molecular formula is C10H10F2N2O5. The summed E-state index contributed by atoms with van der Waals surface area (Å²) in [6, 6.07) is 0.651. The number of nitrogens with one attached hydrogen (secondary N) is 1. The van der Waals surface area contributed by atoms with Crippen molar-refractivity contribution >= 4 is 11.8 Å². The Hall–Kier alpha value is -2.32. The molecule has 1 heterocycles. The van der Waals surface area contributed by atoms with Crippen molar-refractivity contribution in [3.63, 3.8) is 0 Å². The van der Waals surface area contributed by atoms with Crippen molar-refractivity contribution in [2.24, 2.45) is 0 Å². The molecule has 0 spiro atoms. The van der Waals surface area contributed by atoms with E-state index < -0.39 is 40.7 Å². The summed E-state index contributed by atoms with van der Waals surface area (Å²) in [4.78, 5) is 33.9. The average Bonchev–Trinajstić information content (AvgIpc) is 2.30. The first-order valence-corrected chi connectivity index (χ1v) is 5.21. The molecule has 104 valence electrons. The Bertz CT molecular complexity index is 555. The van der Waals surface area contributed by atoms with E-state index in [0.29, 0.717) is 6.07 Å². The molecule has 19 heavy (non-hydrogen) atoms. The van der Waals surface area contributed by atoms with Crippen LogP contribution < -0.4 is 5.56 Å². The third-order valence-corrected chi connectivity index (χ3v) is 2.19. The third kappa shape index (κ3) is 3.57. The van der Waals surface area contributed by atoms with E-state index in [-0.39, 0.29) is 12.2 Å². The SMILES string of the molecule is CCOC(=O)Cc1cc(C(F)F)c(=O)[nH]c1[N+](=O)[O-]. The van der Waals surface area contributed by atoms with Crippen molar-refractivity contribution in [3.8, 4) is 0 Å². The smallest absolute Gasteiger partial charge is 0.340 e. The molecule has 0 unspecified atom stereocenters. The van der Waals surface area contributed by atoms with Crippen molar-refractivity contribution in [1.82, 2.24) is 4.98 Å². The number of nitrogens with zero attached hydrogens (tertiary/aromatic N) is 1. The first-order chi connectivity index (χ1) is 8.86. The molecule has 0 amide bonds. The minimum absolute atomic E-state index is 0.0533. The molecule has 1 aromatic heterocycles. The van der Waals surface area contributed by atoms with Gasteiger partial charge in [-0.05, 0) is 17.9 Å². The average molecular weight is 276 g/mol. The van der Waals surface area contributed by atoms with Gasteiger partial charge in [0.15, 0.2) is 0 Å². The van der Waals surface area contributed by atoms with Crippen LogP contribution in [0.3, 0.4) is 0 Å². The first kappa shape index (κ1) is 14.7. The standard InChI is InChI=1S/C10H10F2N2O5/c1-2-19-7(15)4-5-3-6(8(11)12)10(16)13-9(5)14(17)18/h3,8H,2,4H2,1H3,(H,13,16). The fourth-order valence-electron chi connectivity index (χ4n) is 1.41. The van der Waals surface area contributed by atoms with Crippen LogP contribution in [0.2, 0.25) is 0 Å². The highest BCUT2D eigenvalue weighted by Crippen LogP contribution is 2.21. The number of carbonyl (C=O) groups excluding carboxylic acids is 1. The van der Waals surface area contributed by atoms with E-state index in [9.17, 15) is 28.5 Å². The summed E-state index contributed by atoms with van der Waals surface area (Å²) in [5.74, 6) is -1.60. The van der Waals surface area contributed by atoms with Gasteiger partial charge >= 0.3 is 17.3 Å². The number of hydrogen-bond donors (Lipinski definition) is 1. The largest absolute Gasteiger partial charge is 0.466 e. The van der Waals surface area contributed by atoms with E-state index in [1.165, 1.54) is 6.92 Å². The Balaban J connectivity index is 3.25. The number of nitro groups is 1. The van der Waals surface area contributed by atoms with Gasteiger partial charge in [0.2, 0.25) is 0 Å². The first-order valence-electron chi connectivity index (χ1n) is 5.21. The zero-order chi connectivity index (χ0) is 14.6. The number of aromatic amines is 1. The molecule has 0 radical (unpaired) electrons. The van der Waals surface area contributed by atoms with Crippen LogP contribution in [0.4, 0.5) is 14.6 Å². The summed E-state index contributed by atoms with van der Waals surface area (Å²) in [6.45, 7) is 1.58. The van der Waals surface area contributed by atoms with Crippen molar-refractivity contribution in [2.75, 3.05) is 6.61 Å². The molecule has 0 aliphatic carbocycles. The number of aromatic nitrogens is 1. The molecule has 9 heteroatoms. The Morgan fingerprint density at radius 1 is 1.58 bits per heavy atom. The molecule has 0 saturated carbocycles. The molecule has 0 aromatic carbocycles. The number of rotatable bonds is 5. The molecule has 1 rings (SSSR count). The molecule has 1 aromatic rings. The minimum atomic E-state index is -3.09. The maximum Gasteiger partial charge on any atom is 0.340 e. The van der Waals surface area contributed by atoms with Crippen LogP contribution in [0.1, 0.15) is 24.5 Å². The van der Waals surface area contributed by atoms with Crippen LogP contribution in [0, 0.1) is 10.1 Å². The van der Waals surface area contributed by atoms with Gasteiger partial charge in [0.25, 0.3) is 6.43 Å². The minimum Gasteiger partial charge on any atom is -0.466 e. The monoisotopic (exact) mass is 276 g/mol. The van der Waals surface area contributed by atoms with E-state index in [1.54, 1.807) is 4.98 Å². The zero-order valence-corrected chi connectivity index (χ0v) is 9.81. The molecule has 0 bridgehead atoms. The van der Waals surface area contributed by atoms with E-state index in [0.717, 1.165) is 0 Å². The highest BCUT2D eigenvalue weighted by atomic mass is 19.3. The lowest BCUT2D eigenvalue weighted by Gasteiger charge is -2.05. The summed E-state index contributed by atoms with van der Waals surface area (Å²) in [7, 11) is 0. The molecule has 0 saturated heterocycles. The number of esters is 1. The van der Waals surface area contributed by atoms with Crippen LogP contribution >= 0.6 is 0 Å². The molecule has 0 aliphatic heterocycles. The number of H-pyrrole nitrogens is 1. The lowest BCUT2D eigenvalue weighted by Crippen LogP contribution is -2.18. The number of halogens is 2. The van der Waals surface area contributed by atoms with E-state index in [4.69, 9.17) is 0 Å². The van der Waals surface area contributed by atoms with Crippen molar-refractivity contribution in [3.05, 3.63) is 37.7 Å². The number of hydrogen-bond acceptors (Lipinski definition) is 5. The predicted molar refractivity (Wildman–Crippen MR) is 59.0 cm³/mol. The molecular weight excluding hydrogens is 266 g/mol. The number of ether oxygens (including phenoxy) is 1. The van der Waals surface area contributed by atoms with Gasteiger partial charge in [-0.1, -0.05) is 0 Å². The zero-order valence-electron chi connectivity index (χ0n) is 9.81. The second-order valence-electron chi connectivity index (χ2n) is 3.47. The number of pyridine rings is 1. The second kappa shape index (κ2) is 6.03. The lowest BCUT2D eigenvalue weighted by molar-refractivity contribution is -0.390. The molecule has 0 aliphatic rings. The van der Waals surface area contributed by atoms with Crippen LogP contribution in [-0.2, 0) is 16.0 Å². The van der Waals surface area contributed by atoms with E-state index >= 15 is 0 Å². The lowest BCUT2D eigenvalue weighted by atomic mass is 10.1. The fourth-order valence-corrected chi connectivity index (χ4v) is 1.41. The molecule has 0 atom stereocenters. The maximum atomic E-state index is 12.5. The number of alkyl halides is 2. The van der Waals surface area contributed by atoms with Gasteiger partial charge in [-0.25, -0.2) is 18.6 Å². The van der Waals surface area contributed by atoms with Crippen molar-refractivity contribution in [2.45, 2.75) is 19.8 Å². The normalized spacial score (nSPS) is 10.5. The Morgan fingerprint density at radius 3 is 2.68 bits per heavy atom. The van der Waals surface area contributed by atoms with Crippen molar-refractivity contribution < 1.29 is 23.2 Å². The summed E-state index contributed by atoms with van der Waals surface area (Å²) >= 11 is 0. The predicted octanol–water partition coefficient (Wildman–Crippen LogP) is 1.33. The van der Waals surface area contributed by atoms with Crippen molar-refractivity contribution in [1.29, 1.82) is 0 Å². The molecule has 7 nitrogen and oxygen atoms in total.